The highest BCUT2D eigenvalue weighted by Gasteiger charge is 2.31. The van der Waals surface area contributed by atoms with Gasteiger partial charge in [-0.15, -0.1) is 0 Å². The van der Waals surface area contributed by atoms with E-state index in [9.17, 15) is 0 Å². The van der Waals surface area contributed by atoms with Gasteiger partial charge in [0.25, 0.3) is 0 Å². The van der Waals surface area contributed by atoms with Crippen LogP contribution in [0.15, 0.2) is 12.3 Å². The molecule has 1 saturated carbocycles. The molecule has 70 valence electrons. The van der Waals surface area contributed by atoms with Gasteiger partial charge in [0.2, 0.25) is 5.95 Å². The van der Waals surface area contributed by atoms with Crippen LogP contribution < -0.4 is 11.1 Å². The molecule has 0 saturated heterocycles. The minimum absolute atomic E-state index is 0.223. The van der Waals surface area contributed by atoms with Gasteiger partial charge >= 0.3 is 0 Å². The lowest BCUT2D eigenvalue weighted by atomic mass is 9.78. The topological polar surface area (TPSA) is 63.8 Å². The van der Waals surface area contributed by atoms with E-state index in [-0.39, 0.29) is 5.54 Å². The third-order valence-electron chi connectivity index (χ3n) is 2.56. The summed E-state index contributed by atoms with van der Waals surface area (Å²) < 4.78 is 0. The maximum absolute atomic E-state index is 5.47. The van der Waals surface area contributed by atoms with Crippen molar-refractivity contribution in [3.05, 3.63) is 12.3 Å². The van der Waals surface area contributed by atoms with Crippen LogP contribution in [-0.2, 0) is 0 Å². The number of hydrogen-bond acceptors (Lipinski definition) is 4. The predicted molar refractivity (Wildman–Crippen MR) is 52.3 cm³/mol. The third-order valence-corrected chi connectivity index (χ3v) is 2.56. The number of nitrogens with zero attached hydrogens (tertiary/aromatic N) is 2. The van der Waals surface area contributed by atoms with Gasteiger partial charge in [-0.2, -0.15) is 4.98 Å². The summed E-state index contributed by atoms with van der Waals surface area (Å²) in [7, 11) is 0. The van der Waals surface area contributed by atoms with Gasteiger partial charge in [0, 0.05) is 11.7 Å². The van der Waals surface area contributed by atoms with E-state index in [1.165, 1.54) is 19.3 Å². The van der Waals surface area contributed by atoms with Crippen LogP contribution in [0.5, 0.6) is 0 Å². The van der Waals surface area contributed by atoms with Crippen molar-refractivity contribution in [2.24, 2.45) is 0 Å². The third kappa shape index (κ3) is 1.71. The normalized spacial score (nSPS) is 19.2. The largest absolute Gasteiger partial charge is 0.368 e. The Kier molecular flexibility index (Phi) is 1.83. The van der Waals surface area contributed by atoms with Crippen LogP contribution in [0.25, 0.3) is 0 Å². The minimum Gasteiger partial charge on any atom is -0.368 e. The summed E-state index contributed by atoms with van der Waals surface area (Å²) >= 11 is 0. The van der Waals surface area contributed by atoms with E-state index < -0.39 is 0 Å². The summed E-state index contributed by atoms with van der Waals surface area (Å²) in [6.07, 6.45) is 5.38. The zero-order valence-electron chi connectivity index (χ0n) is 7.75. The molecule has 1 heterocycles. The SMILES string of the molecule is CC1(Nc2ccnc(N)n2)CCC1. The number of aromatic nitrogens is 2. The van der Waals surface area contributed by atoms with E-state index in [4.69, 9.17) is 5.73 Å². The van der Waals surface area contributed by atoms with Gasteiger partial charge in [0.05, 0.1) is 0 Å². The highest BCUT2D eigenvalue weighted by molar-refractivity contribution is 5.40. The summed E-state index contributed by atoms with van der Waals surface area (Å²) in [5, 5.41) is 3.36. The maximum atomic E-state index is 5.47. The average Bonchev–Trinajstić information content (AvgIpc) is 2.01. The first-order valence-corrected chi connectivity index (χ1v) is 4.55. The maximum Gasteiger partial charge on any atom is 0.221 e. The number of nitrogen functional groups attached to an aromatic ring is 1. The minimum atomic E-state index is 0.223. The Hall–Kier alpha value is -1.32. The molecule has 1 aliphatic carbocycles. The van der Waals surface area contributed by atoms with Crippen molar-refractivity contribution < 1.29 is 0 Å². The van der Waals surface area contributed by atoms with E-state index in [1.807, 2.05) is 6.07 Å². The standard InChI is InChI=1S/C9H14N4/c1-9(4-2-5-9)13-7-3-6-11-8(10)12-7/h3,6H,2,4-5H2,1H3,(H3,10,11,12,13). The van der Waals surface area contributed by atoms with E-state index in [1.54, 1.807) is 6.20 Å². The summed E-state index contributed by atoms with van der Waals surface area (Å²) in [6.45, 7) is 2.20. The molecule has 0 bridgehead atoms. The van der Waals surface area contributed by atoms with Crippen molar-refractivity contribution in [3.63, 3.8) is 0 Å². The van der Waals surface area contributed by atoms with Gasteiger partial charge in [0.1, 0.15) is 5.82 Å². The molecule has 4 nitrogen and oxygen atoms in total. The number of hydrogen-bond donors (Lipinski definition) is 2. The molecule has 1 aromatic heterocycles. The second-order valence-electron chi connectivity index (χ2n) is 3.84. The number of rotatable bonds is 2. The molecule has 0 atom stereocenters. The first kappa shape index (κ1) is 8.29. The molecule has 3 N–H and O–H groups in total. The fraction of sp³-hybridized carbons (Fsp3) is 0.556. The van der Waals surface area contributed by atoms with Crippen molar-refractivity contribution in [1.82, 2.24) is 9.97 Å². The highest BCUT2D eigenvalue weighted by atomic mass is 15.1. The molecule has 2 rings (SSSR count). The van der Waals surface area contributed by atoms with Crippen LogP contribution in [0.1, 0.15) is 26.2 Å². The highest BCUT2D eigenvalue weighted by Crippen LogP contribution is 2.33. The van der Waals surface area contributed by atoms with Gasteiger partial charge in [-0.3, -0.25) is 0 Å². The molecule has 0 spiro atoms. The lowest BCUT2D eigenvalue weighted by Crippen LogP contribution is -2.41. The van der Waals surface area contributed by atoms with Crippen LogP contribution in [0.4, 0.5) is 11.8 Å². The number of nitrogens with two attached hydrogens (primary N) is 1. The molecule has 1 fully saturated rings. The van der Waals surface area contributed by atoms with Crippen molar-refractivity contribution in [1.29, 1.82) is 0 Å². The molecule has 1 aliphatic rings. The Morgan fingerprint density at radius 2 is 2.31 bits per heavy atom. The quantitative estimate of drug-likeness (QED) is 0.718. The van der Waals surface area contributed by atoms with E-state index in [2.05, 4.69) is 22.2 Å². The Labute approximate surface area is 77.6 Å². The van der Waals surface area contributed by atoms with Crippen LogP contribution in [0.3, 0.4) is 0 Å². The van der Waals surface area contributed by atoms with Crippen molar-refractivity contribution in [3.8, 4) is 0 Å². The fourth-order valence-electron chi connectivity index (χ4n) is 1.58. The molecular formula is C9H14N4. The predicted octanol–water partition coefficient (Wildman–Crippen LogP) is 1.41. The Morgan fingerprint density at radius 1 is 1.54 bits per heavy atom. The molecule has 0 aliphatic heterocycles. The van der Waals surface area contributed by atoms with Crippen molar-refractivity contribution in [2.45, 2.75) is 31.7 Å². The zero-order valence-corrected chi connectivity index (χ0v) is 7.75. The van der Waals surface area contributed by atoms with E-state index in [0.29, 0.717) is 5.95 Å². The lowest BCUT2D eigenvalue weighted by Gasteiger charge is -2.39. The monoisotopic (exact) mass is 178 g/mol. The van der Waals surface area contributed by atoms with E-state index in [0.717, 1.165) is 5.82 Å². The van der Waals surface area contributed by atoms with Gasteiger partial charge in [0.15, 0.2) is 0 Å². The molecule has 13 heavy (non-hydrogen) atoms. The fourth-order valence-corrected chi connectivity index (χ4v) is 1.58. The smallest absolute Gasteiger partial charge is 0.221 e. The molecule has 0 aromatic carbocycles. The van der Waals surface area contributed by atoms with Gasteiger partial charge < -0.3 is 11.1 Å². The molecular weight excluding hydrogens is 164 g/mol. The Balaban J connectivity index is 2.09. The van der Waals surface area contributed by atoms with Crippen molar-refractivity contribution >= 4 is 11.8 Å². The van der Waals surface area contributed by atoms with Crippen molar-refractivity contribution in [2.75, 3.05) is 11.1 Å². The zero-order chi connectivity index (χ0) is 9.31. The average molecular weight is 178 g/mol. The molecule has 0 amide bonds. The second-order valence-corrected chi connectivity index (χ2v) is 3.84. The van der Waals surface area contributed by atoms with Gasteiger partial charge in [-0.1, -0.05) is 0 Å². The first-order valence-electron chi connectivity index (χ1n) is 4.55. The second kappa shape index (κ2) is 2.87. The van der Waals surface area contributed by atoms with Crippen LogP contribution in [0.2, 0.25) is 0 Å². The summed E-state index contributed by atoms with van der Waals surface area (Å²) in [4.78, 5) is 7.94. The molecule has 1 aromatic rings. The number of nitrogens with one attached hydrogen (secondary N) is 1. The van der Waals surface area contributed by atoms with Crippen LogP contribution in [-0.4, -0.2) is 15.5 Å². The summed E-state index contributed by atoms with van der Waals surface area (Å²) in [5.74, 6) is 1.16. The molecule has 4 heteroatoms. The lowest BCUT2D eigenvalue weighted by molar-refractivity contribution is 0.306. The Morgan fingerprint density at radius 3 is 2.85 bits per heavy atom. The van der Waals surface area contributed by atoms with Crippen LogP contribution in [0, 0.1) is 0 Å². The summed E-state index contributed by atoms with van der Waals surface area (Å²) in [5.41, 5.74) is 5.70. The summed E-state index contributed by atoms with van der Waals surface area (Å²) in [6, 6.07) is 1.85. The molecule has 0 radical (unpaired) electrons. The first-order chi connectivity index (χ1) is 6.18. The number of anilines is 2. The van der Waals surface area contributed by atoms with Gasteiger partial charge in [-0.05, 0) is 32.3 Å². The van der Waals surface area contributed by atoms with Gasteiger partial charge in [-0.25, -0.2) is 4.98 Å². The van der Waals surface area contributed by atoms with Crippen LogP contribution >= 0.6 is 0 Å². The molecule has 0 unspecified atom stereocenters. The Bertz CT molecular complexity index is 306. The van der Waals surface area contributed by atoms with E-state index >= 15 is 0 Å².